The Morgan fingerprint density at radius 3 is 2.56 bits per heavy atom. The Kier molecular flexibility index (Phi) is 6.15. The van der Waals surface area contributed by atoms with E-state index in [0.29, 0.717) is 21.6 Å². The zero-order valence-electron chi connectivity index (χ0n) is 14.4. The molecule has 1 aromatic carbocycles. The molecule has 0 atom stereocenters. The Hall–Kier alpha value is -1.54. The molecule has 0 saturated heterocycles. The number of anilines is 1. The maximum atomic E-state index is 12.3. The van der Waals surface area contributed by atoms with Crippen LogP contribution in [-0.4, -0.2) is 25.5 Å². The van der Waals surface area contributed by atoms with Gasteiger partial charge in [0, 0.05) is 16.2 Å². The molecule has 2 aromatic heterocycles. The monoisotopic (exact) mass is 489 g/mol. The third-order valence-electron chi connectivity index (χ3n) is 3.91. The number of halogens is 4. The second kappa shape index (κ2) is 8.22. The van der Waals surface area contributed by atoms with Crippen LogP contribution in [0.4, 0.5) is 5.82 Å². The van der Waals surface area contributed by atoms with E-state index in [2.05, 4.69) is 31.4 Å². The van der Waals surface area contributed by atoms with Crippen LogP contribution in [0.15, 0.2) is 28.9 Å². The average Bonchev–Trinajstić information content (AvgIpc) is 3.05. The fourth-order valence-corrected chi connectivity index (χ4v) is 3.47. The summed E-state index contributed by atoms with van der Waals surface area (Å²) in [6, 6.07) is 5.24. The van der Waals surface area contributed by atoms with Crippen LogP contribution in [0, 0.1) is 13.8 Å². The second-order valence-corrected chi connectivity index (χ2v) is 7.99. The summed E-state index contributed by atoms with van der Waals surface area (Å²) in [5.74, 6) is 0.0112. The van der Waals surface area contributed by atoms with Crippen LogP contribution in [-0.2, 0) is 17.9 Å². The molecule has 2 heterocycles. The number of aromatic nitrogens is 4. The quantitative estimate of drug-likeness (QED) is 0.540. The molecule has 0 aliphatic carbocycles. The highest BCUT2D eigenvalue weighted by molar-refractivity contribution is 9.10. The smallest absolute Gasteiger partial charge is 0.247 e. The fraction of sp³-hybridized carbons (Fsp3) is 0.235. The van der Waals surface area contributed by atoms with Crippen molar-refractivity contribution in [2.45, 2.75) is 26.9 Å². The largest absolute Gasteiger partial charge is 0.306 e. The fourth-order valence-electron chi connectivity index (χ4n) is 2.52. The van der Waals surface area contributed by atoms with Gasteiger partial charge in [-0.25, -0.2) is 0 Å². The molecule has 0 aliphatic heterocycles. The van der Waals surface area contributed by atoms with Gasteiger partial charge in [-0.2, -0.15) is 10.2 Å². The van der Waals surface area contributed by atoms with Crippen LogP contribution >= 0.6 is 50.7 Å². The topological polar surface area (TPSA) is 64.7 Å². The number of nitrogens with zero attached hydrogens (tertiary/aromatic N) is 4. The SMILES string of the molecule is Cc1nn(CC(=O)Nc2nn(Cc3ccc(Cl)cc3Cl)cc2Cl)c(C)c1Br. The molecule has 10 heteroatoms. The van der Waals surface area contributed by atoms with E-state index in [1.54, 1.807) is 27.7 Å². The first-order valence-corrected chi connectivity index (χ1v) is 9.83. The second-order valence-electron chi connectivity index (χ2n) is 5.95. The van der Waals surface area contributed by atoms with Gasteiger partial charge in [0.2, 0.25) is 5.91 Å². The van der Waals surface area contributed by atoms with Crippen molar-refractivity contribution in [3.8, 4) is 0 Å². The van der Waals surface area contributed by atoms with Gasteiger partial charge in [0.25, 0.3) is 0 Å². The molecule has 3 aromatic rings. The van der Waals surface area contributed by atoms with E-state index in [4.69, 9.17) is 34.8 Å². The molecule has 0 spiro atoms. The van der Waals surface area contributed by atoms with E-state index in [-0.39, 0.29) is 18.3 Å². The van der Waals surface area contributed by atoms with E-state index in [1.165, 1.54) is 0 Å². The lowest BCUT2D eigenvalue weighted by atomic mass is 10.2. The van der Waals surface area contributed by atoms with E-state index in [9.17, 15) is 4.79 Å². The lowest BCUT2D eigenvalue weighted by Gasteiger charge is -2.06. The van der Waals surface area contributed by atoms with Gasteiger partial charge in [-0.1, -0.05) is 40.9 Å². The lowest BCUT2D eigenvalue weighted by molar-refractivity contribution is -0.117. The number of benzene rings is 1. The number of rotatable bonds is 5. The predicted molar refractivity (Wildman–Crippen MR) is 111 cm³/mol. The van der Waals surface area contributed by atoms with Crippen molar-refractivity contribution in [2.24, 2.45) is 0 Å². The van der Waals surface area contributed by atoms with Crippen molar-refractivity contribution >= 4 is 62.5 Å². The molecule has 3 rings (SSSR count). The highest BCUT2D eigenvalue weighted by Gasteiger charge is 2.15. The van der Waals surface area contributed by atoms with Crippen LogP contribution in [0.3, 0.4) is 0 Å². The molecule has 1 N–H and O–H groups in total. The molecule has 6 nitrogen and oxygen atoms in total. The minimum absolute atomic E-state index is 0.0600. The number of hydrogen-bond acceptors (Lipinski definition) is 3. The van der Waals surface area contributed by atoms with Crippen molar-refractivity contribution in [2.75, 3.05) is 5.32 Å². The highest BCUT2D eigenvalue weighted by Crippen LogP contribution is 2.24. The summed E-state index contributed by atoms with van der Waals surface area (Å²) >= 11 is 21.7. The first kappa shape index (κ1) is 20.2. The third-order valence-corrected chi connectivity index (χ3v) is 5.92. The minimum atomic E-state index is -0.273. The minimum Gasteiger partial charge on any atom is -0.306 e. The molecular weight excluding hydrogens is 476 g/mol. The number of nitrogens with one attached hydrogen (secondary N) is 1. The summed E-state index contributed by atoms with van der Waals surface area (Å²) < 4.78 is 4.11. The van der Waals surface area contributed by atoms with Gasteiger partial charge in [-0.05, 0) is 47.5 Å². The van der Waals surface area contributed by atoms with Crippen molar-refractivity contribution in [3.63, 3.8) is 0 Å². The van der Waals surface area contributed by atoms with Crippen molar-refractivity contribution in [1.82, 2.24) is 19.6 Å². The Morgan fingerprint density at radius 1 is 1.19 bits per heavy atom. The zero-order valence-corrected chi connectivity index (χ0v) is 18.3. The van der Waals surface area contributed by atoms with E-state index in [1.807, 2.05) is 19.9 Å². The molecule has 1 amide bonds. The van der Waals surface area contributed by atoms with Crippen molar-refractivity contribution in [3.05, 3.63) is 60.9 Å². The average molecular weight is 492 g/mol. The Balaban J connectivity index is 1.70. The summed E-state index contributed by atoms with van der Waals surface area (Å²) in [7, 11) is 0. The van der Waals surface area contributed by atoms with Crippen molar-refractivity contribution in [1.29, 1.82) is 0 Å². The van der Waals surface area contributed by atoms with Gasteiger partial charge in [0.15, 0.2) is 5.82 Å². The molecule has 142 valence electrons. The van der Waals surface area contributed by atoms with Crippen LogP contribution in [0.2, 0.25) is 15.1 Å². The predicted octanol–water partition coefficient (Wildman–Crippen LogP) is 5.11. The van der Waals surface area contributed by atoms with Gasteiger partial charge in [-0.3, -0.25) is 14.2 Å². The van der Waals surface area contributed by atoms with E-state index < -0.39 is 0 Å². The summed E-state index contributed by atoms with van der Waals surface area (Å²) in [4.78, 5) is 12.3. The Labute approximate surface area is 179 Å². The summed E-state index contributed by atoms with van der Waals surface area (Å²) in [5.41, 5.74) is 2.53. The van der Waals surface area contributed by atoms with Gasteiger partial charge in [0.05, 0.1) is 22.4 Å². The van der Waals surface area contributed by atoms with Crippen LogP contribution in [0.25, 0.3) is 0 Å². The van der Waals surface area contributed by atoms with Gasteiger partial charge >= 0.3 is 0 Å². The third kappa shape index (κ3) is 4.66. The first-order chi connectivity index (χ1) is 12.7. The standard InChI is InChI=1S/C17H15BrCl3N5O/c1-9-16(18)10(2)26(23-9)8-15(27)22-17-14(21)7-25(24-17)6-11-3-4-12(19)5-13(11)20/h3-5,7H,6,8H2,1-2H3,(H,22,24,27). The molecular formula is C17H15BrCl3N5O. The number of hydrogen-bond donors (Lipinski definition) is 1. The van der Waals surface area contributed by atoms with E-state index >= 15 is 0 Å². The normalized spacial score (nSPS) is 11.0. The molecule has 0 fully saturated rings. The van der Waals surface area contributed by atoms with Crippen LogP contribution in [0.5, 0.6) is 0 Å². The van der Waals surface area contributed by atoms with Crippen LogP contribution < -0.4 is 5.32 Å². The molecule has 27 heavy (non-hydrogen) atoms. The van der Waals surface area contributed by atoms with Crippen molar-refractivity contribution < 1.29 is 4.79 Å². The molecule has 0 unspecified atom stereocenters. The molecule has 0 saturated carbocycles. The summed E-state index contributed by atoms with van der Waals surface area (Å²) in [6.45, 7) is 4.21. The lowest BCUT2D eigenvalue weighted by Crippen LogP contribution is -2.21. The molecule has 0 bridgehead atoms. The number of carbonyl (C=O) groups is 1. The molecule has 0 aliphatic rings. The van der Waals surface area contributed by atoms with Gasteiger partial charge in [-0.15, -0.1) is 0 Å². The van der Waals surface area contributed by atoms with E-state index in [0.717, 1.165) is 21.4 Å². The summed E-state index contributed by atoms with van der Waals surface area (Å²) in [6.07, 6.45) is 1.63. The van der Waals surface area contributed by atoms with Gasteiger partial charge < -0.3 is 5.32 Å². The summed E-state index contributed by atoms with van der Waals surface area (Å²) in [5, 5.41) is 12.8. The number of amides is 1. The highest BCUT2D eigenvalue weighted by atomic mass is 79.9. The Morgan fingerprint density at radius 2 is 1.93 bits per heavy atom. The zero-order chi connectivity index (χ0) is 19.7. The molecule has 0 radical (unpaired) electrons. The number of carbonyl (C=O) groups excluding carboxylic acids is 1. The van der Waals surface area contributed by atoms with Crippen LogP contribution in [0.1, 0.15) is 17.0 Å². The first-order valence-electron chi connectivity index (χ1n) is 7.91. The number of aryl methyl sites for hydroxylation is 1. The maximum Gasteiger partial charge on any atom is 0.247 e. The van der Waals surface area contributed by atoms with Gasteiger partial charge in [0.1, 0.15) is 11.6 Å². The maximum absolute atomic E-state index is 12.3. The Bertz CT molecular complexity index is 1010.